The van der Waals surface area contributed by atoms with Crippen LogP contribution < -0.4 is 46.1 Å². The Labute approximate surface area is 505 Å². The third kappa shape index (κ3) is 9.49. The molecule has 456 valence electrons. The zero-order valence-corrected chi connectivity index (χ0v) is 47.7. The number of carbonyl (C=O) groups excluding carboxylic acids is 9. The summed E-state index contributed by atoms with van der Waals surface area (Å²) in [5.74, 6) is -2.26. The van der Waals surface area contributed by atoms with Gasteiger partial charge in [0.05, 0.1) is 64.9 Å². The molecule has 9 aromatic rings. The maximum Gasteiger partial charge on any atom is 0.322 e. The highest BCUT2D eigenvalue weighted by Crippen LogP contribution is 2.40. The Bertz CT molecular complexity index is 4170. The second-order valence-corrected chi connectivity index (χ2v) is 21.8. The number of furan rings is 3. The molecule has 0 spiro atoms. The minimum atomic E-state index is -1.70. The number of carbonyl (C=O) groups is 9. The van der Waals surface area contributed by atoms with Crippen molar-refractivity contribution in [2.24, 2.45) is 0 Å². The molecule has 6 N–H and O–H groups in total. The van der Waals surface area contributed by atoms with E-state index in [-0.39, 0.29) is 84.3 Å². The Balaban J connectivity index is 0.000000124. The minimum Gasteiger partial charge on any atom is -0.497 e. The number of fused-ring (bicyclic) bond motifs is 6. The first-order valence-electron chi connectivity index (χ1n) is 27.4. The van der Waals surface area contributed by atoms with Crippen LogP contribution in [0.2, 0.25) is 0 Å². The predicted molar refractivity (Wildman–Crippen MR) is 305 cm³/mol. The molecule has 27 nitrogen and oxygen atoms in total. The van der Waals surface area contributed by atoms with Gasteiger partial charge in [-0.05, 0) is 78.2 Å². The summed E-state index contributed by atoms with van der Waals surface area (Å²) in [4.78, 5) is 130. The number of nitrogens with zero attached hydrogens (tertiary/aromatic N) is 6. The van der Waals surface area contributed by atoms with Gasteiger partial charge in [-0.25, -0.2) is 23.2 Å². The summed E-state index contributed by atoms with van der Waals surface area (Å²) in [7, 11) is 4.54. The number of hydrogen-bond donors (Lipinski definition) is 6. The lowest BCUT2D eigenvalue weighted by molar-refractivity contribution is -0.126. The maximum absolute atomic E-state index is 14.1. The molecule has 3 fully saturated rings. The highest BCUT2D eigenvalue weighted by molar-refractivity contribution is 6.11. The van der Waals surface area contributed by atoms with Gasteiger partial charge in [-0.2, -0.15) is 0 Å². The summed E-state index contributed by atoms with van der Waals surface area (Å²) in [6.45, 7) is 2.15. The number of aromatic nitrogens is 3. The van der Waals surface area contributed by atoms with Crippen LogP contribution in [-0.4, -0.2) is 124 Å². The Morgan fingerprint density at radius 3 is 1.22 bits per heavy atom. The van der Waals surface area contributed by atoms with Gasteiger partial charge in [-0.3, -0.25) is 59.7 Å². The number of pyridine rings is 3. The first-order chi connectivity index (χ1) is 43.2. The standard InChI is InChI=1S/C21H18N4O5.2C20H15FN4O5/c1-11-7-22-8-13-5-16(30-17(11)13)21(19(27)23-20(28)24-21)10-25-9-12-3-4-14(29-2)6-15(12)18(25)26;1-29-12-3-2-10-8-25(17(26)13(10)5-12)9-20(18(27)23-19(28)24-20)15-4-11-6-22-7-14(21)16(11)30-15;1-29-11-3-2-10-8-25(17(26)12(10)4-11)9-20(18(27)23-19(28)24-20)16-5-13-14(21)6-22-7-15(13)30-16/h3-8H,9-10H2,1-2H3,(H2,23,24,27,28);2*2-7H,8-9H2,1H3,(H2,23,24,27,28)/t21-;2*20-/m000/s1. The molecule has 12 heterocycles. The van der Waals surface area contributed by atoms with E-state index in [4.69, 9.17) is 27.5 Å². The van der Waals surface area contributed by atoms with Gasteiger partial charge in [0, 0.05) is 71.3 Å². The lowest BCUT2D eigenvalue weighted by Gasteiger charge is -2.29. The van der Waals surface area contributed by atoms with Gasteiger partial charge in [0.15, 0.2) is 39.4 Å². The normalized spacial score (nSPS) is 20.5. The number of rotatable bonds is 12. The third-order valence-electron chi connectivity index (χ3n) is 16.3. The van der Waals surface area contributed by atoms with Crippen molar-refractivity contribution < 1.29 is 79.4 Å². The summed E-state index contributed by atoms with van der Waals surface area (Å²) in [6.07, 6.45) is 7.99. The van der Waals surface area contributed by atoms with Crippen LogP contribution in [0, 0.1) is 18.6 Å². The third-order valence-corrected chi connectivity index (χ3v) is 16.3. The van der Waals surface area contributed by atoms with E-state index in [2.05, 4.69) is 46.9 Å². The maximum atomic E-state index is 14.1. The van der Waals surface area contributed by atoms with Gasteiger partial charge in [0.2, 0.25) is 0 Å². The predicted octanol–water partition coefficient (Wildman–Crippen LogP) is 5.17. The molecule has 0 aliphatic carbocycles. The van der Waals surface area contributed by atoms with E-state index in [1.807, 2.05) is 13.0 Å². The zero-order valence-electron chi connectivity index (χ0n) is 47.7. The molecule has 0 radical (unpaired) electrons. The van der Waals surface area contributed by atoms with E-state index in [0.29, 0.717) is 56.8 Å². The number of aryl methyl sites for hydroxylation is 1. The van der Waals surface area contributed by atoms with Gasteiger partial charge in [0.1, 0.15) is 40.1 Å². The summed E-state index contributed by atoms with van der Waals surface area (Å²) in [6, 6.07) is 17.9. The molecular formula is C61H48F2N12O15. The fraction of sp³-hybridized carbons (Fsp3) is 0.213. The van der Waals surface area contributed by atoms with E-state index < -0.39 is 64.1 Å². The number of halogens is 2. The first kappa shape index (κ1) is 57.3. The van der Waals surface area contributed by atoms with E-state index in [1.54, 1.807) is 67.0 Å². The average molecular weight is 1230 g/mol. The monoisotopic (exact) mass is 1230 g/mol. The quantitative estimate of drug-likeness (QED) is 0.0859. The van der Waals surface area contributed by atoms with Crippen LogP contribution in [0.4, 0.5) is 23.2 Å². The Morgan fingerprint density at radius 2 is 0.844 bits per heavy atom. The Kier molecular flexibility index (Phi) is 13.7. The molecule has 6 aliphatic rings. The molecule has 15 rings (SSSR count). The SMILES string of the molecule is COc1ccc2c(c1)C(=O)N(C[C@@]1(c3cc4c(F)cncc4o3)NC(=O)NC1=O)C2.COc1ccc2c(c1)C(=O)N(C[C@@]1(c3cc4cncc(C)c4o3)NC(=O)NC1=O)C2.COc1ccc2c(c1)C(=O)N(C[C@@]1(c3cc4cncc(F)c4o3)NC(=O)NC1=O)C2. The van der Waals surface area contributed by atoms with Crippen molar-refractivity contribution >= 4 is 86.4 Å². The fourth-order valence-electron chi connectivity index (χ4n) is 11.8. The van der Waals surface area contributed by atoms with Crippen LogP contribution in [-0.2, 0) is 50.6 Å². The van der Waals surface area contributed by atoms with Crippen LogP contribution in [0.25, 0.3) is 32.9 Å². The van der Waals surface area contributed by atoms with Crippen LogP contribution in [0.15, 0.2) is 123 Å². The number of hydrogen-bond acceptors (Lipinski definition) is 18. The molecular weight excluding hydrogens is 1180 g/mol. The highest BCUT2D eigenvalue weighted by atomic mass is 19.1. The van der Waals surface area contributed by atoms with Crippen molar-refractivity contribution in [1.82, 2.24) is 61.6 Å². The van der Waals surface area contributed by atoms with Crippen molar-refractivity contribution in [3.05, 3.63) is 178 Å². The van der Waals surface area contributed by atoms with Gasteiger partial charge in [-0.15, -0.1) is 0 Å². The van der Waals surface area contributed by atoms with E-state index >= 15 is 0 Å². The summed E-state index contributed by atoms with van der Waals surface area (Å²) < 4.78 is 61.0. The average Bonchev–Trinajstić information content (AvgIpc) is 1.64. The minimum absolute atomic E-state index is 0.00841. The Morgan fingerprint density at radius 1 is 0.467 bits per heavy atom. The number of benzene rings is 3. The molecule has 29 heteroatoms. The summed E-state index contributed by atoms with van der Waals surface area (Å²) in [5.41, 5.74) is 0.241. The van der Waals surface area contributed by atoms with E-state index in [9.17, 15) is 51.9 Å². The van der Waals surface area contributed by atoms with Crippen LogP contribution in [0.1, 0.15) is 70.6 Å². The van der Waals surface area contributed by atoms with Gasteiger partial charge >= 0.3 is 18.1 Å². The van der Waals surface area contributed by atoms with Crippen molar-refractivity contribution in [3.63, 3.8) is 0 Å². The fourth-order valence-corrected chi connectivity index (χ4v) is 11.8. The molecule has 0 saturated carbocycles. The number of imide groups is 3. The van der Waals surface area contributed by atoms with Gasteiger partial charge in [0.25, 0.3) is 35.4 Å². The topological polar surface area (TPSA) is 341 Å². The molecule has 3 atom stereocenters. The Hall–Kier alpha value is -11.8. The van der Waals surface area contributed by atoms with Crippen molar-refractivity contribution in [3.8, 4) is 17.2 Å². The van der Waals surface area contributed by atoms with Gasteiger partial charge in [-0.1, -0.05) is 18.2 Å². The lowest BCUT2D eigenvalue weighted by Crippen LogP contribution is -2.52. The molecule has 3 saturated heterocycles. The van der Waals surface area contributed by atoms with Crippen molar-refractivity contribution in [2.75, 3.05) is 41.0 Å². The first-order valence-corrected chi connectivity index (χ1v) is 27.4. The van der Waals surface area contributed by atoms with E-state index in [1.165, 1.54) is 60.6 Å². The molecule has 6 aliphatic heterocycles. The number of amides is 12. The second-order valence-electron chi connectivity index (χ2n) is 21.8. The molecule has 0 unspecified atom stereocenters. The number of urea groups is 3. The summed E-state index contributed by atoms with van der Waals surface area (Å²) in [5, 5.41) is 15.6. The van der Waals surface area contributed by atoms with E-state index in [0.717, 1.165) is 34.6 Å². The molecule has 0 bridgehead atoms. The molecule has 90 heavy (non-hydrogen) atoms. The van der Waals surface area contributed by atoms with Crippen molar-refractivity contribution in [2.45, 2.75) is 43.2 Å². The number of nitrogens with one attached hydrogen (secondary N) is 6. The lowest BCUT2D eigenvalue weighted by atomic mass is 9.95. The molecule has 3 aromatic carbocycles. The van der Waals surface area contributed by atoms with Crippen LogP contribution >= 0.6 is 0 Å². The van der Waals surface area contributed by atoms with Crippen LogP contribution in [0.5, 0.6) is 17.2 Å². The molecule has 6 aromatic heterocycles. The van der Waals surface area contributed by atoms with Gasteiger partial charge < -0.3 is 58.1 Å². The largest absolute Gasteiger partial charge is 0.497 e. The zero-order chi connectivity index (χ0) is 63.1. The van der Waals surface area contributed by atoms with Crippen molar-refractivity contribution in [1.29, 1.82) is 0 Å². The smallest absolute Gasteiger partial charge is 0.322 e. The number of methoxy groups -OCH3 is 3. The summed E-state index contributed by atoms with van der Waals surface area (Å²) >= 11 is 0. The second kappa shape index (κ2) is 21.6. The number of ether oxygens (including phenoxy) is 3. The molecule has 12 amide bonds. The van der Waals surface area contributed by atoms with Crippen LogP contribution in [0.3, 0.4) is 0 Å². The highest BCUT2D eigenvalue weighted by Gasteiger charge is 2.56.